The van der Waals surface area contributed by atoms with Crippen LogP contribution >= 0.6 is 0 Å². The Morgan fingerprint density at radius 2 is 1.89 bits per heavy atom. The number of anilines is 1. The molecule has 0 spiro atoms. The number of nitrogens with two attached hydrogens (primary N) is 1. The number of nitrogens with zero attached hydrogens (tertiary/aromatic N) is 2. The predicted molar refractivity (Wildman–Crippen MR) is 70.1 cm³/mol. The molecule has 0 radical (unpaired) electrons. The maximum Gasteiger partial charge on any atom is 0.168 e. The maximum atomic E-state index is 5.61. The van der Waals surface area contributed by atoms with Crippen molar-refractivity contribution >= 4 is 5.82 Å². The fourth-order valence-corrected chi connectivity index (χ4v) is 1.55. The molecule has 1 aromatic carbocycles. The maximum absolute atomic E-state index is 5.61. The van der Waals surface area contributed by atoms with Crippen LogP contribution in [0.25, 0.3) is 0 Å². The summed E-state index contributed by atoms with van der Waals surface area (Å²) in [5, 5.41) is 0. The number of nitrogen functional groups attached to an aromatic ring is 1. The van der Waals surface area contributed by atoms with Gasteiger partial charge in [0.2, 0.25) is 0 Å². The van der Waals surface area contributed by atoms with E-state index < -0.39 is 0 Å². The third-order valence-electron chi connectivity index (χ3n) is 2.44. The molecule has 0 unspecified atom stereocenters. The lowest BCUT2D eigenvalue weighted by Crippen LogP contribution is -2.12. The van der Waals surface area contributed by atoms with Gasteiger partial charge in [-0.3, -0.25) is 0 Å². The predicted octanol–water partition coefficient (Wildman–Crippen LogP) is 1.96. The van der Waals surface area contributed by atoms with Crippen LogP contribution in [0.15, 0.2) is 30.3 Å². The smallest absolute Gasteiger partial charge is 0.168 e. The average Bonchev–Trinajstić information content (AvgIpc) is 2.37. The summed E-state index contributed by atoms with van der Waals surface area (Å²) < 4.78 is 5.61. The van der Waals surface area contributed by atoms with Crippen LogP contribution in [0.1, 0.15) is 17.1 Å². The van der Waals surface area contributed by atoms with E-state index in [1.807, 2.05) is 38.1 Å². The van der Waals surface area contributed by atoms with E-state index in [1.54, 1.807) is 6.07 Å². The molecule has 0 saturated carbocycles. The summed E-state index contributed by atoms with van der Waals surface area (Å²) in [6.07, 6.45) is 0. The highest BCUT2D eigenvalue weighted by Gasteiger charge is 2.02. The lowest BCUT2D eigenvalue weighted by atomic mass is 10.2. The Kier molecular flexibility index (Phi) is 3.74. The third kappa shape index (κ3) is 3.18. The average molecular weight is 244 g/mol. The van der Waals surface area contributed by atoms with Crippen LogP contribution in [0.2, 0.25) is 0 Å². The van der Waals surface area contributed by atoms with Crippen LogP contribution in [0.3, 0.4) is 0 Å². The van der Waals surface area contributed by atoms with Gasteiger partial charge in [-0.1, -0.05) is 17.7 Å². The first-order chi connectivity index (χ1) is 8.67. The van der Waals surface area contributed by atoms with Gasteiger partial charge in [-0.05, 0) is 26.0 Å². The topological polar surface area (TPSA) is 73.1 Å². The molecule has 5 heteroatoms. The Balaban J connectivity index is 2.05. The molecule has 18 heavy (non-hydrogen) atoms. The molecular formula is C13H16N4O. The van der Waals surface area contributed by atoms with E-state index in [-0.39, 0.29) is 0 Å². The first kappa shape index (κ1) is 12.3. The van der Waals surface area contributed by atoms with Crippen LogP contribution in [0.5, 0.6) is 5.75 Å². The van der Waals surface area contributed by atoms with Gasteiger partial charge in [0.1, 0.15) is 18.2 Å². The summed E-state index contributed by atoms with van der Waals surface area (Å²) in [5.74, 6) is 7.32. The number of nitrogens with one attached hydrogen (secondary N) is 1. The minimum atomic E-state index is 0.319. The second-order valence-corrected chi connectivity index (χ2v) is 4.06. The molecule has 0 fully saturated rings. The molecule has 5 nitrogen and oxygen atoms in total. The standard InChI is InChI=1S/C13H16N4O/c1-9-3-5-11(6-4-9)18-8-13-15-10(2)7-12(16-13)17-14/h3-7H,8,14H2,1-2H3,(H,15,16,17). The van der Waals surface area contributed by atoms with Crippen molar-refractivity contribution in [3.05, 3.63) is 47.4 Å². The monoisotopic (exact) mass is 244 g/mol. The van der Waals surface area contributed by atoms with E-state index >= 15 is 0 Å². The summed E-state index contributed by atoms with van der Waals surface area (Å²) in [6.45, 7) is 4.24. The zero-order valence-corrected chi connectivity index (χ0v) is 10.5. The van der Waals surface area contributed by atoms with Crippen molar-refractivity contribution in [2.24, 2.45) is 5.84 Å². The number of hydrogen-bond acceptors (Lipinski definition) is 5. The van der Waals surface area contributed by atoms with Gasteiger partial charge in [0, 0.05) is 11.8 Å². The van der Waals surface area contributed by atoms with Gasteiger partial charge in [-0.25, -0.2) is 15.8 Å². The molecule has 2 aromatic rings. The van der Waals surface area contributed by atoms with Crippen molar-refractivity contribution in [1.29, 1.82) is 0 Å². The zero-order valence-electron chi connectivity index (χ0n) is 10.5. The summed E-state index contributed by atoms with van der Waals surface area (Å²) in [6, 6.07) is 9.62. The largest absolute Gasteiger partial charge is 0.486 e. The van der Waals surface area contributed by atoms with E-state index in [2.05, 4.69) is 15.4 Å². The van der Waals surface area contributed by atoms with Gasteiger partial charge >= 0.3 is 0 Å². The Morgan fingerprint density at radius 3 is 2.56 bits per heavy atom. The van der Waals surface area contributed by atoms with Crippen molar-refractivity contribution < 1.29 is 4.74 Å². The molecule has 1 heterocycles. The molecular weight excluding hydrogens is 228 g/mol. The van der Waals surface area contributed by atoms with Crippen LogP contribution in [0, 0.1) is 13.8 Å². The SMILES string of the molecule is Cc1ccc(OCc2nc(C)cc(NN)n2)cc1. The highest BCUT2D eigenvalue weighted by Crippen LogP contribution is 2.13. The van der Waals surface area contributed by atoms with Gasteiger partial charge in [0.05, 0.1) is 0 Å². The van der Waals surface area contributed by atoms with Gasteiger partial charge in [-0.2, -0.15) is 0 Å². The number of ether oxygens (including phenoxy) is 1. The molecule has 0 amide bonds. The second-order valence-electron chi connectivity index (χ2n) is 4.06. The Labute approximate surface area is 106 Å². The molecule has 94 valence electrons. The van der Waals surface area contributed by atoms with Crippen molar-refractivity contribution in [2.75, 3.05) is 5.43 Å². The molecule has 0 atom stereocenters. The number of aromatic nitrogens is 2. The van der Waals surface area contributed by atoms with Crippen molar-refractivity contribution in [3.8, 4) is 5.75 Å². The second kappa shape index (κ2) is 5.46. The van der Waals surface area contributed by atoms with Gasteiger partial charge < -0.3 is 10.2 Å². The molecule has 2 rings (SSSR count). The van der Waals surface area contributed by atoms with Crippen LogP contribution < -0.4 is 16.0 Å². The Morgan fingerprint density at radius 1 is 1.17 bits per heavy atom. The fraction of sp³-hybridized carbons (Fsp3) is 0.231. The molecule has 1 aromatic heterocycles. The first-order valence-corrected chi connectivity index (χ1v) is 5.68. The van der Waals surface area contributed by atoms with Crippen LogP contribution in [0.4, 0.5) is 5.82 Å². The summed E-state index contributed by atoms with van der Waals surface area (Å²) in [4.78, 5) is 8.50. The van der Waals surface area contributed by atoms with E-state index in [9.17, 15) is 0 Å². The minimum Gasteiger partial charge on any atom is -0.486 e. The van der Waals surface area contributed by atoms with Crippen LogP contribution in [-0.2, 0) is 6.61 Å². The molecule has 3 N–H and O–H groups in total. The van der Waals surface area contributed by atoms with Crippen molar-refractivity contribution in [3.63, 3.8) is 0 Å². The highest BCUT2D eigenvalue weighted by molar-refractivity contribution is 5.34. The van der Waals surface area contributed by atoms with E-state index in [0.29, 0.717) is 18.2 Å². The quantitative estimate of drug-likeness (QED) is 0.635. The summed E-state index contributed by atoms with van der Waals surface area (Å²) in [7, 11) is 0. The molecule has 0 aliphatic carbocycles. The van der Waals surface area contributed by atoms with E-state index in [1.165, 1.54) is 5.56 Å². The minimum absolute atomic E-state index is 0.319. The van der Waals surface area contributed by atoms with E-state index in [0.717, 1.165) is 11.4 Å². The van der Waals surface area contributed by atoms with Gasteiger partial charge in [0.15, 0.2) is 5.82 Å². The highest BCUT2D eigenvalue weighted by atomic mass is 16.5. The number of benzene rings is 1. The molecule has 0 saturated heterocycles. The van der Waals surface area contributed by atoms with E-state index in [4.69, 9.17) is 10.6 Å². The third-order valence-corrected chi connectivity index (χ3v) is 2.44. The van der Waals surface area contributed by atoms with Crippen LogP contribution in [-0.4, -0.2) is 9.97 Å². The number of rotatable bonds is 4. The first-order valence-electron chi connectivity index (χ1n) is 5.68. The number of hydrazine groups is 1. The summed E-state index contributed by atoms with van der Waals surface area (Å²) >= 11 is 0. The van der Waals surface area contributed by atoms with Gasteiger partial charge in [0.25, 0.3) is 0 Å². The number of hydrogen-bond donors (Lipinski definition) is 2. The fourth-order valence-electron chi connectivity index (χ4n) is 1.55. The summed E-state index contributed by atoms with van der Waals surface area (Å²) in [5.41, 5.74) is 4.55. The lowest BCUT2D eigenvalue weighted by molar-refractivity contribution is 0.295. The Bertz CT molecular complexity index is 525. The molecule has 0 bridgehead atoms. The zero-order chi connectivity index (χ0) is 13.0. The molecule has 0 aliphatic rings. The number of aryl methyl sites for hydroxylation is 2. The lowest BCUT2D eigenvalue weighted by Gasteiger charge is -2.07. The molecule has 0 aliphatic heterocycles. The normalized spacial score (nSPS) is 10.2. The van der Waals surface area contributed by atoms with Gasteiger partial charge in [-0.15, -0.1) is 0 Å². The van der Waals surface area contributed by atoms with Crippen molar-refractivity contribution in [1.82, 2.24) is 9.97 Å². The van der Waals surface area contributed by atoms with Crippen molar-refractivity contribution in [2.45, 2.75) is 20.5 Å². The Hall–Kier alpha value is -2.14.